The van der Waals surface area contributed by atoms with E-state index in [2.05, 4.69) is 10.3 Å². The number of hydrogen-bond acceptors (Lipinski definition) is 4. The highest BCUT2D eigenvalue weighted by atomic mass is 16.1. The van der Waals surface area contributed by atoms with Gasteiger partial charge < -0.3 is 5.32 Å². The van der Waals surface area contributed by atoms with Gasteiger partial charge in [-0.05, 0) is 24.6 Å². The SMILES string of the molecule is CC(=O)C1(N)C=Cc2ccc3cccnc3c2N1. The zero-order chi connectivity index (χ0) is 12.8. The highest BCUT2D eigenvalue weighted by Gasteiger charge is 2.31. The minimum absolute atomic E-state index is 0.127. The largest absolute Gasteiger partial charge is 0.356 e. The fraction of sp³-hybridized carbons (Fsp3) is 0.143. The Morgan fingerprint density at radius 2 is 2.22 bits per heavy atom. The van der Waals surface area contributed by atoms with E-state index in [4.69, 9.17) is 5.73 Å². The van der Waals surface area contributed by atoms with Crippen LogP contribution in [0.2, 0.25) is 0 Å². The minimum atomic E-state index is -1.14. The number of carbonyl (C=O) groups excluding carboxylic acids is 1. The average molecular weight is 239 g/mol. The highest BCUT2D eigenvalue weighted by Crippen LogP contribution is 2.32. The van der Waals surface area contributed by atoms with Gasteiger partial charge in [0.25, 0.3) is 0 Å². The molecule has 0 saturated carbocycles. The van der Waals surface area contributed by atoms with Crippen molar-refractivity contribution in [3.63, 3.8) is 0 Å². The van der Waals surface area contributed by atoms with Gasteiger partial charge in [-0.3, -0.25) is 15.5 Å². The molecule has 90 valence electrons. The molecule has 1 aliphatic rings. The molecule has 1 aromatic carbocycles. The van der Waals surface area contributed by atoms with Gasteiger partial charge in [-0.1, -0.05) is 24.3 Å². The summed E-state index contributed by atoms with van der Waals surface area (Å²) in [5, 5.41) is 4.11. The van der Waals surface area contributed by atoms with E-state index < -0.39 is 5.66 Å². The second kappa shape index (κ2) is 3.65. The lowest BCUT2D eigenvalue weighted by Gasteiger charge is -2.30. The molecule has 3 rings (SSSR count). The lowest BCUT2D eigenvalue weighted by atomic mass is 9.97. The fourth-order valence-electron chi connectivity index (χ4n) is 2.11. The van der Waals surface area contributed by atoms with E-state index >= 15 is 0 Å². The van der Waals surface area contributed by atoms with Crippen LogP contribution in [0.1, 0.15) is 12.5 Å². The van der Waals surface area contributed by atoms with E-state index in [9.17, 15) is 4.79 Å². The topological polar surface area (TPSA) is 68.0 Å². The summed E-state index contributed by atoms with van der Waals surface area (Å²) in [5.41, 5.74) is 7.52. The molecule has 4 nitrogen and oxygen atoms in total. The molecule has 0 fully saturated rings. The Morgan fingerprint density at radius 1 is 1.39 bits per heavy atom. The molecule has 2 aromatic rings. The number of fused-ring (bicyclic) bond motifs is 3. The number of Topliss-reactive ketones (excluding diaryl/α,β-unsaturated/α-hetero) is 1. The van der Waals surface area contributed by atoms with Gasteiger partial charge in [0.1, 0.15) is 0 Å². The monoisotopic (exact) mass is 239 g/mol. The molecule has 0 radical (unpaired) electrons. The Kier molecular flexibility index (Phi) is 2.21. The van der Waals surface area contributed by atoms with Crippen molar-refractivity contribution in [2.45, 2.75) is 12.6 Å². The summed E-state index contributed by atoms with van der Waals surface area (Å²) in [6, 6.07) is 7.86. The number of ketones is 1. The maximum atomic E-state index is 11.6. The van der Waals surface area contributed by atoms with Crippen molar-refractivity contribution in [2.24, 2.45) is 5.73 Å². The van der Waals surface area contributed by atoms with Crippen molar-refractivity contribution in [3.8, 4) is 0 Å². The van der Waals surface area contributed by atoms with Gasteiger partial charge >= 0.3 is 0 Å². The number of nitrogens with two attached hydrogens (primary N) is 1. The zero-order valence-corrected chi connectivity index (χ0v) is 9.97. The number of hydrogen-bond donors (Lipinski definition) is 2. The van der Waals surface area contributed by atoms with Gasteiger partial charge in [-0.2, -0.15) is 0 Å². The number of anilines is 1. The Balaban J connectivity index is 2.24. The molecule has 0 amide bonds. The Labute approximate surface area is 105 Å². The molecule has 1 unspecified atom stereocenters. The Hall–Kier alpha value is -2.20. The van der Waals surface area contributed by atoms with Crippen LogP contribution < -0.4 is 11.1 Å². The van der Waals surface area contributed by atoms with Crippen LogP contribution in [0.15, 0.2) is 36.5 Å². The Morgan fingerprint density at radius 3 is 3.00 bits per heavy atom. The van der Waals surface area contributed by atoms with Crippen LogP contribution in [0.4, 0.5) is 5.69 Å². The van der Waals surface area contributed by atoms with Gasteiger partial charge in [0, 0.05) is 11.6 Å². The summed E-state index contributed by atoms with van der Waals surface area (Å²) in [4.78, 5) is 16.0. The number of carbonyl (C=O) groups is 1. The lowest BCUT2D eigenvalue weighted by molar-refractivity contribution is -0.119. The predicted octanol–water partition coefficient (Wildman–Crippen LogP) is 1.92. The summed E-state index contributed by atoms with van der Waals surface area (Å²) in [5.74, 6) is -0.127. The van der Waals surface area contributed by atoms with Crippen LogP contribution in [0.5, 0.6) is 0 Å². The summed E-state index contributed by atoms with van der Waals surface area (Å²) in [6.07, 6.45) is 5.28. The molecule has 3 N–H and O–H groups in total. The molecule has 4 heteroatoms. The molecule has 1 aromatic heterocycles. The highest BCUT2D eigenvalue weighted by molar-refractivity contribution is 6.01. The van der Waals surface area contributed by atoms with E-state index in [0.29, 0.717) is 0 Å². The third kappa shape index (κ3) is 1.50. The predicted molar refractivity (Wildman–Crippen MR) is 72.0 cm³/mol. The second-order valence-electron chi connectivity index (χ2n) is 4.49. The minimum Gasteiger partial charge on any atom is -0.356 e. The van der Waals surface area contributed by atoms with E-state index in [0.717, 1.165) is 22.2 Å². The standard InChI is InChI=1S/C14H13N3O/c1-9(18)14(15)7-6-11-5-4-10-3-2-8-16-12(10)13(11)17-14/h2-8,17H,15H2,1H3. The van der Waals surface area contributed by atoms with Crippen molar-refractivity contribution in [1.29, 1.82) is 0 Å². The van der Waals surface area contributed by atoms with Gasteiger partial charge in [0.05, 0.1) is 11.2 Å². The van der Waals surface area contributed by atoms with Crippen LogP contribution in [0.3, 0.4) is 0 Å². The van der Waals surface area contributed by atoms with Crippen molar-refractivity contribution >= 4 is 28.4 Å². The first-order valence-corrected chi connectivity index (χ1v) is 5.75. The second-order valence-corrected chi connectivity index (χ2v) is 4.49. The number of nitrogens with zero attached hydrogens (tertiary/aromatic N) is 1. The molecule has 1 atom stereocenters. The van der Waals surface area contributed by atoms with Gasteiger partial charge in [0.2, 0.25) is 0 Å². The maximum absolute atomic E-state index is 11.6. The third-order valence-corrected chi connectivity index (χ3v) is 3.25. The molecular formula is C14H13N3O. The third-order valence-electron chi connectivity index (χ3n) is 3.25. The number of pyridine rings is 1. The van der Waals surface area contributed by atoms with E-state index in [-0.39, 0.29) is 5.78 Å². The average Bonchev–Trinajstić information content (AvgIpc) is 2.38. The molecule has 0 spiro atoms. The molecule has 18 heavy (non-hydrogen) atoms. The zero-order valence-electron chi connectivity index (χ0n) is 9.97. The van der Waals surface area contributed by atoms with Gasteiger partial charge in [-0.25, -0.2) is 0 Å². The maximum Gasteiger partial charge on any atom is 0.173 e. The number of nitrogens with one attached hydrogen (secondary N) is 1. The summed E-state index contributed by atoms with van der Waals surface area (Å²) in [6.45, 7) is 1.47. The van der Waals surface area contributed by atoms with E-state index in [1.165, 1.54) is 6.92 Å². The summed E-state index contributed by atoms with van der Waals surface area (Å²) in [7, 11) is 0. The Bertz CT molecular complexity index is 678. The summed E-state index contributed by atoms with van der Waals surface area (Å²) >= 11 is 0. The van der Waals surface area contributed by atoms with Gasteiger partial charge in [-0.15, -0.1) is 0 Å². The molecule has 0 bridgehead atoms. The van der Waals surface area contributed by atoms with Crippen molar-refractivity contribution in [1.82, 2.24) is 4.98 Å². The van der Waals surface area contributed by atoms with Gasteiger partial charge in [0.15, 0.2) is 11.4 Å². The van der Waals surface area contributed by atoms with Crippen LogP contribution in [0, 0.1) is 0 Å². The number of rotatable bonds is 1. The van der Waals surface area contributed by atoms with Crippen LogP contribution in [-0.4, -0.2) is 16.4 Å². The van der Waals surface area contributed by atoms with E-state index in [1.54, 1.807) is 12.3 Å². The van der Waals surface area contributed by atoms with Crippen LogP contribution in [0.25, 0.3) is 17.0 Å². The van der Waals surface area contributed by atoms with Crippen molar-refractivity contribution in [3.05, 3.63) is 42.1 Å². The molecular weight excluding hydrogens is 226 g/mol. The molecule has 2 heterocycles. The van der Waals surface area contributed by atoms with E-state index in [1.807, 2.05) is 30.3 Å². The molecule has 0 saturated heterocycles. The van der Waals surface area contributed by atoms with Crippen molar-refractivity contribution in [2.75, 3.05) is 5.32 Å². The fourth-order valence-corrected chi connectivity index (χ4v) is 2.11. The summed E-state index contributed by atoms with van der Waals surface area (Å²) < 4.78 is 0. The lowest BCUT2D eigenvalue weighted by Crippen LogP contribution is -2.53. The normalized spacial score (nSPS) is 21.4. The van der Waals surface area contributed by atoms with Crippen LogP contribution >= 0.6 is 0 Å². The first-order valence-electron chi connectivity index (χ1n) is 5.75. The van der Waals surface area contributed by atoms with Crippen molar-refractivity contribution < 1.29 is 4.79 Å². The molecule has 0 aliphatic carbocycles. The smallest absolute Gasteiger partial charge is 0.173 e. The first kappa shape index (κ1) is 10.9. The quantitative estimate of drug-likeness (QED) is 0.797. The number of aromatic nitrogens is 1. The van der Waals surface area contributed by atoms with Crippen LogP contribution in [-0.2, 0) is 4.79 Å². The first-order chi connectivity index (χ1) is 8.60. The number of benzene rings is 1. The molecule has 1 aliphatic heterocycles.